The second-order valence-corrected chi connectivity index (χ2v) is 7.42. The first-order valence-corrected chi connectivity index (χ1v) is 10.1. The molecule has 1 aliphatic heterocycles. The Morgan fingerprint density at radius 2 is 1.81 bits per heavy atom. The highest BCUT2D eigenvalue weighted by atomic mass is 19.1. The van der Waals surface area contributed by atoms with E-state index in [4.69, 9.17) is 16.2 Å². The van der Waals surface area contributed by atoms with E-state index in [1.807, 2.05) is 6.07 Å². The van der Waals surface area contributed by atoms with Gasteiger partial charge >= 0.3 is 0 Å². The number of anilines is 1. The molecule has 1 amide bonds. The van der Waals surface area contributed by atoms with Crippen LogP contribution >= 0.6 is 0 Å². The first-order chi connectivity index (χ1) is 15.4. The zero-order chi connectivity index (χ0) is 22.7. The van der Waals surface area contributed by atoms with Crippen LogP contribution in [0.25, 0.3) is 0 Å². The van der Waals surface area contributed by atoms with E-state index in [9.17, 15) is 13.6 Å². The van der Waals surface area contributed by atoms with E-state index in [-0.39, 0.29) is 23.4 Å². The highest BCUT2D eigenvalue weighted by Gasteiger charge is 2.50. The smallest absolute Gasteiger partial charge is 0.278 e. The number of amides is 1. The number of hydrogen-bond acceptors (Lipinski definition) is 5. The Kier molecular flexibility index (Phi) is 5.87. The minimum absolute atomic E-state index is 0.180. The molecule has 6 nitrogen and oxygen atoms in total. The summed E-state index contributed by atoms with van der Waals surface area (Å²) in [7, 11) is 0. The van der Waals surface area contributed by atoms with Crippen LogP contribution in [0.4, 0.5) is 14.5 Å². The fourth-order valence-corrected chi connectivity index (χ4v) is 3.69. The van der Waals surface area contributed by atoms with E-state index >= 15 is 0 Å². The molecule has 0 radical (unpaired) electrons. The van der Waals surface area contributed by atoms with E-state index < -0.39 is 23.3 Å². The van der Waals surface area contributed by atoms with Crippen molar-refractivity contribution in [3.63, 3.8) is 0 Å². The quantitative estimate of drug-likeness (QED) is 0.572. The van der Waals surface area contributed by atoms with Crippen LogP contribution in [-0.4, -0.2) is 23.4 Å². The van der Waals surface area contributed by atoms with E-state index in [0.717, 1.165) is 18.2 Å². The van der Waals surface area contributed by atoms with Gasteiger partial charge in [0.05, 0.1) is 5.56 Å². The van der Waals surface area contributed by atoms with Crippen LogP contribution in [0.15, 0.2) is 77.9 Å². The van der Waals surface area contributed by atoms with E-state index in [2.05, 4.69) is 5.10 Å². The summed E-state index contributed by atoms with van der Waals surface area (Å²) >= 11 is 0. The van der Waals surface area contributed by atoms with Gasteiger partial charge in [-0.2, -0.15) is 5.01 Å². The maximum atomic E-state index is 14.6. The Morgan fingerprint density at radius 1 is 1.03 bits per heavy atom. The number of halogens is 2. The SMILES string of the molecule is NCCCC1(c2ccccc2)OC(c2cc(F)ccc2F)=NN1C(=O)c1cccc(N)c1. The molecule has 3 aromatic carbocycles. The topological polar surface area (TPSA) is 93.9 Å². The van der Waals surface area contributed by atoms with Crippen molar-refractivity contribution >= 4 is 17.5 Å². The van der Waals surface area contributed by atoms with Gasteiger partial charge in [0.15, 0.2) is 0 Å². The normalized spacial score (nSPS) is 17.7. The van der Waals surface area contributed by atoms with E-state index in [0.29, 0.717) is 24.2 Å². The molecule has 1 unspecified atom stereocenters. The predicted molar refractivity (Wildman–Crippen MR) is 117 cm³/mol. The molecule has 0 aromatic heterocycles. The van der Waals surface area contributed by atoms with Crippen LogP contribution in [0.2, 0.25) is 0 Å². The van der Waals surface area contributed by atoms with Gasteiger partial charge in [0.2, 0.25) is 11.6 Å². The number of carbonyl (C=O) groups is 1. The number of carbonyl (C=O) groups excluding carboxylic acids is 1. The van der Waals surface area contributed by atoms with Crippen molar-refractivity contribution in [2.75, 3.05) is 12.3 Å². The standard InChI is InChI=1S/C24H22F2N4O2/c25-18-10-11-21(26)20(15-18)22-29-30(23(31)16-6-4-9-19(28)14-16)24(32-22,12-5-13-27)17-7-2-1-3-8-17/h1-4,6-11,14-15H,5,12-13,27-28H2. The van der Waals surface area contributed by atoms with Crippen LogP contribution < -0.4 is 11.5 Å². The molecule has 8 heteroatoms. The Morgan fingerprint density at radius 3 is 2.53 bits per heavy atom. The molecule has 1 aliphatic rings. The Balaban J connectivity index is 1.88. The van der Waals surface area contributed by atoms with Crippen molar-refractivity contribution in [2.45, 2.75) is 18.6 Å². The lowest BCUT2D eigenvalue weighted by atomic mass is 9.95. The molecule has 4 rings (SSSR count). The molecular formula is C24H22F2N4O2. The van der Waals surface area contributed by atoms with Crippen LogP contribution in [0, 0.1) is 11.6 Å². The zero-order valence-electron chi connectivity index (χ0n) is 17.2. The van der Waals surface area contributed by atoms with Crippen molar-refractivity contribution in [3.8, 4) is 0 Å². The van der Waals surface area contributed by atoms with Crippen molar-refractivity contribution < 1.29 is 18.3 Å². The van der Waals surface area contributed by atoms with Gasteiger partial charge in [-0.3, -0.25) is 4.79 Å². The molecule has 0 saturated heterocycles. The highest BCUT2D eigenvalue weighted by molar-refractivity contribution is 6.01. The molecule has 1 heterocycles. The molecule has 0 aliphatic carbocycles. The van der Waals surface area contributed by atoms with Gasteiger partial charge in [-0.05, 0) is 49.4 Å². The predicted octanol–water partition coefficient (Wildman–Crippen LogP) is 3.97. The third kappa shape index (κ3) is 3.92. The number of rotatable bonds is 6. The lowest BCUT2D eigenvalue weighted by Crippen LogP contribution is -2.45. The summed E-state index contributed by atoms with van der Waals surface area (Å²) < 4.78 is 34.7. The van der Waals surface area contributed by atoms with Crippen LogP contribution in [0.5, 0.6) is 0 Å². The largest absolute Gasteiger partial charge is 0.443 e. The van der Waals surface area contributed by atoms with Crippen LogP contribution in [-0.2, 0) is 10.5 Å². The third-order valence-electron chi connectivity index (χ3n) is 5.23. The highest BCUT2D eigenvalue weighted by Crippen LogP contribution is 2.41. The third-order valence-corrected chi connectivity index (χ3v) is 5.23. The Labute approximate surface area is 184 Å². The number of nitrogens with zero attached hydrogens (tertiary/aromatic N) is 2. The summed E-state index contributed by atoms with van der Waals surface area (Å²) in [5.74, 6) is -2.06. The Hall–Kier alpha value is -3.78. The first kappa shape index (κ1) is 21.5. The van der Waals surface area contributed by atoms with Gasteiger partial charge in [-0.1, -0.05) is 36.4 Å². The van der Waals surface area contributed by atoms with Crippen molar-refractivity contribution in [3.05, 3.63) is 101 Å². The number of benzene rings is 3. The molecule has 4 N–H and O–H groups in total. The lowest BCUT2D eigenvalue weighted by Gasteiger charge is -2.35. The number of hydrogen-bond donors (Lipinski definition) is 2. The minimum atomic E-state index is -1.39. The van der Waals surface area contributed by atoms with Gasteiger partial charge in [0.25, 0.3) is 5.91 Å². The maximum absolute atomic E-state index is 14.6. The molecular weight excluding hydrogens is 414 g/mol. The van der Waals surface area contributed by atoms with Crippen LogP contribution in [0.1, 0.15) is 34.3 Å². The average molecular weight is 436 g/mol. The monoisotopic (exact) mass is 436 g/mol. The number of nitrogen functional groups attached to an aromatic ring is 1. The molecule has 0 spiro atoms. The van der Waals surface area contributed by atoms with Crippen molar-refractivity contribution in [1.29, 1.82) is 0 Å². The van der Waals surface area contributed by atoms with E-state index in [1.54, 1.807) is 42.5 Å². The average Bonchev–Trinajstić information content (AvgIpc) is 3.20. The fourth-order valence-electron chi connectivity index (χ4n) is 3.69. The molecule has 3 aromatic rings. The molecule has 0 fully saturated rings. The van der Waals surface area contributed by atoms with Crippen LogP contribution in [0.3, 0.4) is 0 Å². The Bertz CT molecular complexity index is 1170. The fraction of sp³-hybridized carbons (Fsp3) is 0.167. The minimum Gasteiger partial charge on any atom is -0.443 e. The maximum Gasteiger partial charge on any atom is 0.278 e. The van der Waals surface area contributed by atoms with E-state index in [1.165, 1.54) is 11.1 Å². The van der Waals surface area contributed by atoms with Gasteiger partial charge in [0, 0.05) is 23.2 Å². The number of hydrazone groups is 1. The first-order valence-electron chi connectivity index (χ1n) is 10.1. The molecule has 0 saturated carbocycles. The zero-order valence-corrected chi connectivity index (χ0v) is 17.2. The molecule has 1 atom stereocenters. The molecule has 164 valence electrons. The van der Waals surface area contributed by atoms with Crippen molar-refractivity contribution in [2.24, 2.45) is 10.8 Å². The number of nitrogens with two attached hydrogens (primary N) is 2. The van der Waals surface area contributed by atoms with Gasteiger partial charge in [-0.25, -0.2) is 8.78 Å². The number of ether oxygens (including phenoxy) is 1. The van der Waals surface area contributed by atoms with Crippen molar-refractivity contribution in [1.82, 2.24) is 5.01 Å². The second-order valence-electron chi connectivity index (χ2n) is 7.42. The lowest BCUT2D eigenvalue weighted by molar-refractivity contribution is -0.0594. The second kappa shape index (κ2) is 8.76. The summed E-state index contributed by atoms with van der Waals surface area (Å²) in [6.45, 7) is 0.335. The summed E-state index contributed by atoms with van der Waals surface area (Å²) in [6.07, 6.45) is 0.773. The molecule has 0 bridgehead atoms. The van der Waals surface area contributed by atoms with Gasteiger partial charge in [0.1, 0.15) is 11.6 Å². The summed E-state index contributed by atoms with van der Waals surface area (Å²) in [4.78, 5) is 13.6. The summed E-state index contributed by atoms with van der Waals surface area (Å²) in [6, 6.07) is 18.4. The molecule has 32 heavy (non-hydrogen) atoms. The van der Waals surface area contributed by atoms with Gasteiger partial charge in [-0.15, -0.1) is 5.10 Å². The summed E-state index contributed by atoms with van der Waals surface area (Å²) in [5.41, 5.74) is 11.4. The van der Waals surface area contributed by atoms with Gasteiger partial charge < -0.3 is 16.2 Å². The summed E-state index contributed by atoms with van der Waals surface area (Å²) in [5, 5.41) is 5.51.